The molecule has 12 aromatic carbocycles. The first-order valence-corrected chi connectivity index (χ1v) is 25.3. The first kappa shape index (κ1) is 45.0. The fourth-order valence-electron chi connectivity index (χ4n) is 10.9. The molecule has 0 saturated carbocycles. The highest BCUT2D eigenvalue weighted by Crippen LogP contribution is 2.45. The summed E-state index contributed by atoms with van der Waals surface area (Å²) in [6.07, 6.45) is 0. The van der Waals surface area contributed by atoms with E-state index in [2.05, 4.69) is 308 Å². The van der Waals surface area contributed by atoms with Crippen LogP contribution in [0.25, 0.3) is 32.3 Å². The zero-order chi connectivity index (χ0) is 49.3. The Morgan fingerprint density at radius 2 is 0.603 bits per heavy atom. The summed E-state index contributed by atoms with van der Waals surface area (Å²) in [6, 6.07) is 99.9. The monoisotopic (exact) mass is 937 g/mol. The van der Waals surface area contributed by atoms with Crippen molar-refractivity contribution in [2.45, 2.75) is 26.7 Å². The van der Waals surface area contributed by atoms with E-state index in [0.29, 0.717) is 0 Å². The van der Waals surface area contributed by atoms with Gasteiger partial charge < -0.3 is 14.7 Å². The second-order valence-corrected chi connectivity index (χ2v) is 19.2. The maximum atomic E-state index is 2.39. The Morgan fingerprint density at radius 3 is 1.07 bits per heavy atom. The van der Waals surface area contributed by atoms with Crippen LogP contribution in [0.2, 0.25) is 0 Å². The number of aryl methyl sites for hydroxylation is 3. The molecule has 1 unspecified atom stereocenters. The number of benzene rings is 12. The van der Waals surface area contributed by atoms with Crippen LogP contribution in [0.4, 0.5) is 51.2 Å². The van der Waals surface area contributed by atoms with Crippen LogP contribution in [0.1, 0.15) is 39.3 Å². The summed E-state index contributed by atoms with van der Waals surface area (Å²) < 4.78 is 0. The normalized spacial score (nSPS) is 11.7. The van der Waals surface area contributed by atoms with E-state index in [1.165, 1.54) is 65.7 Å². The van der Waals surface area contributed by atoms with Gasteiger partial charge in [-0.15, -0.1) is 0 Å². The highest BCUT2D eigenvalue weighted by Gasteiger charge is 2.23. The van der Waals surface area contributed by atoms with Gasteiger partial charge in [-0.2, -0.15) is 0 Å². The smallest absolute Gasteiger partial charge is 0.0540 e. The van der Waals surface area contributed by atoms with Crippen LogP contribution >= 0.6 is 0 Å². The van der Waals surface area contributed by atoms with Gasteiger partial charge in [0, 0.05) is 56.5 Å². The second kappa shape index (κ2) is 19.5. The summed E-state index contributed by atoms with van der Waals surface area (Å²) in [7, 11) is 0. The number of hydrogen-bond acceptors (Lipinski definition) is 3. The minimum atomic E-state index is 0.0374. The molecule has 0 aliphatic carbocycles. The average molecular weight is 938 g/mol. The molecule has 350 valence electrons. The lowest BCUT2D eigenvalue weighted by Gasteiger charge is -2.30. The number of hydrogen-bond donors (Lipinski definition) is 0. The van der Waals surface area contributed by atoms with E-state index in [0.717, 1.165) is 51.2 Å². The Morgan fingerprint density at radius 1 is 0.247 bits per heavy atom. The van der Waals surface area contributed by atoms with Crippen LogP contribution < -0.4 is 14.7 Å². The molecule has 0 aliphatic heterocycles. The summed E-state index contributed by atoms with van der Waals surface area (Å²) in [5.74, 6) is 0.0374. The predicted molar refractivity (Wildman–Crippen MR) is 311 cm³/mol. The van der Waals surface area contributed by atoms with Crippen molar-refractivity contribution < 1.29 is 0 Å². The highest BCUT2D eigenvalue weighted by molar-refractivity contribution is 6.00. The summed E-state index contributed by atoms with van der Waals surface area (Å²) >= 11 is 0. The van der Waals surface area contributed by atoms with E-state index in [1.54, 1.807) is 0 Å². The van der Waals surface area contributed by atoms with Gasteiger partial charge in [0.2, 0.25) is 0 Å². The van der Waals surface area contributed by atoms with E-state index < -0.39 is 0 Å². The number of rotatable bonds is 12. The van der Waals surface area contributed by atoms with Crippen LogP contribution in [-0.4, -0.2) is 0 Å². The van der Waals surface area contributed by atoms with Gasteiger partial charge >= 0.3 is 0 Å². The van der Waals surface area contributed by atoms with E-state index in [4.69, 9.17) is 0 Å². The Balaban J connectivity index is 0.995. The minimum Gasteiger partial charge on any atom is -0.311 e. The van der Waals surface area contributed by atoms with Crippen molar-refractivity contribution in [1.29, 1.82) is 0 Å². The Labute approximate surface area is 429 Å². The van der Waals surface area contributed by atoms with Gasteiger partial charge in [0.15, 0.2) is 0 Å². The molecule has 0 radical (unpaired) electrons. The molecule has 3 heteroatoms. The SMILES string of the molecule is Cc1cccc(C(c2ccc(N(c3ccc(N(c4cccc(C)c4)c4cccc5ccccc45)cc3)c3ccc(N(c4cccc(C)c4)c4cccc5ccccc45)cc3)cc2)c2cccc3ccccc23)c1. The van der Waals surface area contributed by atoms with Crippen molar-refractivity contribution in [3.63, 3.8) is 0 Å². The molecule has 0 saturated heterocycles. The Hall–Kier alpha value is -9.18. The van der Waals surface area contributed by atoms with Crippen molar-refractivity contribution in [3.8, 4) is 0 Å². The lowest BCUT2D eigenvalue weighted by molar-refractivity contribution is 0.985. The van der Waals surface area contributed by atoms with Crippen LogP contribution in [0.3, 0.4) is 0 Å². The van der Waals surface area contributed by atoms with E-state index in [1.807, 2.05) is 0 Å². The maximum absolute atomic E-state index is 2.39. The third kappa shape index (κ3) is 8.87. The molecular weight excluding hydrogens is 883 g/mol. The Kier molecular flexibility index (Phi) is 12.0. The van der Waals surface area contributed by atoms with Gasteiger partial charge in [0.05, 0.1) is 11.4 Å². The van der Waals surface area contributed by atoms with Crippen molar-refractivity contribution in [3.05, 3.63) is 306 Å². The van der Waals surface area contributed by atoms with Crippen LogP contribution in [0.5, 0.6) is 0 Å². The third-order valence-corrected chi connectivity index (χ3v) is 14.3. The summed E-state index contributed by atoms with van der Waals surface area (Å²) in [4.78, 5) is 7.17. The van der Waals surface area contributed by atoms with Crippen LogP contribution in [-0.2, 0) is 0 Å². The van der Waals surface area contributed by atoms with E-state index >= 15 is 0 Å². The van der Waals surface area contributed by atoms with Gasteiger partial charge in [-0.3, -0.25) is 0 Å². The van der Waals surface area contributed by atoms with Crippen LogP contribution in [0, 0.1) is 20.8 Å². The topological polar surface area (TPSA) is 9.72 Å². The highest BCUT2D eigenvalue weighted by atomic mass is 15.2. The summed E-state index contributed by atoms with van der Waals surface area (Å²) in [6.45, 7) is 6.51. The maximum Gasteiger partial charge on any atom is 0.0540 e. The van der Waals surface area contributed by atoms with Gasteiger partial charge in [0.1, 0.15) is 0 Å². The fourth-order valence-corrected chi connectivity index (χ4v) is 10.9. The summed E-state index contributed by atoms with van der Waals surface area (Å²) in [5.41, 5.74) is 17.3. The van der Waals surface area contributed by atoms with E-state index in [-0.39, 0.29) is 5.92 Å². The van der Waals surface area contributed by atoms with Gasteiger partial charge in [-0.25, -0.2) is 0 Å². The van der Waals surface area contributed by atoms with Crippen molar-refractivity contribution in [1.82, 2.24) is 0 Å². The summed E-state index contributed by atoms with van der Waals surface area (Å²) in [5, 5.41) is 7.34. The molecule has 0 spiro atoms. The number of anilines is 9. The molecule has 1 atom stereocenters. The van der Waals surface area contributed by atoms with Crippen molar-refractivity contribution in [2.75, 3.05) is 14.7 Å². The number of nitrogens with zero attached hydrogens (tertiary/aromatic N) is 3. The molecule has 0 heterocycles. The molecule has 0 aliphatic rings. The molecule has 12 rings (SSSR count). The molecule has 0 N–H and O–H groups in total. The second-order valence-electron chi connectivity index (χ2n) is 19.2. The zero-order valence-electron chi connectivity index (χ0n) is 41.4. The predicted octanol–water partition coefficient (Wildman–Crippen LogP) is 19.7. The standard InChI is InChI=1S/C70H55N3/c1-49-16-10-25-56(46-49)70(67-31-13-22-52-19-4-7-28-64(52)67)55-34-36-57(37-35-55)71(58-38-42-60(43-39-58)72(62-26-11-17-50(2)47-62)68-32-14-23-53-20-5-8-29-65(53)68)59-40-44-61(45-41-59)73(63-27-12-18-51(3)48-63)69-33-15-24-54-21-6-9-30-66(54)69/h4-48,70H,1-3H3. The van der Waals surface area contributed by atoms with Gasteiger partial charge in [-0.05, 0) is 167 Å². The lowest BCUT2D eigenvalue weighted by atomic mass is 9.82. The van der Waals surface area contributed by atoms with Crippen molar-refractivity contribution in [2.24, 2.45) is 0 Å². The zero-order valence-corrected chi connectivity index (χ0v) is 41.4. The number of fused-ring (bicyclic) bond motifs is 3. The quantitative estimate of drug-likeness (QED) is 0.113. The van der Waals surface area contributed by atoms with Gasteiger partial charge in [0.25, 0.3) is 0 Å². The molecule has 12 aromatic rings. The first-order valence-electron chi connectivity index (χ1n) is 25.3. The van der Waals surface area contributed by atoms with Crippen LogP contribution in [0.15, 0.2) is 273 Å². The molecule has 0 aromatic heterocycles. The molecular formula is C70H55N3. The van der Waals surface area contributed by atoms with Gasteiger partial charge in [-0.1, -0.05) is 181 Å². The largest absolute Gasteiger partial charge is 0.311 e. The molecule has 73 heavy (non-hydrogen) atoms. The average Bonchev–Trinajstić information content (AvgIpc) is 3.43. The minimum absolute atomic E-state index is 0.0374. The molecule has 0 amide bonds. The van der Waals surface area contributed by atoms with E-state index in [9.17, 15) is 0 Å². The van der Waals surface area contributed by atoms with Crippen molar-refractivity contribution >= 4 is 83.5 Å². The first-order chi connectivity index (χ1) is 35.9. The molecule has 0 bridgehead atoms. The Bertz CT molecular complexity index is 3490. The fraction of sp³-hybridized carbons (Fsp3) is 0.0571. The molecule has 0 fully saturated rings. The third-order valence-electron chi connectivity index (χ3n) is 14.3. The molecule has 3 nitrogen and oxygen atoms in total. The lowest BCUT2D eigenvalue weighted by Crippen LogP contribution is -2.14.